The molecule has 2 aromatic rings. The van der Waals surface area contributed by atoms with Crippen LogP contribution in [0.2, 0.25) is 5.02 Å². The predicted octanol–water partition coefficient (Wildman–Crippen LogP) is 4.35. The standard InChI is InChI=1S/C22H20ClNO3/c1-27-15-8-6-13(7-9-15)14-10-19-22(20(25)11-14)17(12-21(26)24-19)16-4-2-3-5-18(16)23/h2-9,14,17H,10-12H2,1H3,(H,24,26)/t14-,17-/m1/s1. The average Bonchev–Trinajstić information content (AvgIpc) is 2.67. The van der Waals surface area contributed by atoms with E-state index in [1.165, 1.54) is 0 Å². The number of amides is 1. The first-order valence-electron chi connectivity index (χ1n) is 9.01. The van der Waals surface area contributed by atoms with E-state index in [0.717, 1.165) is 22.6 Å². The number of hydrogen-bond donors (Lipinski definition) is 1. The molecule has 4 nitrogen and oxygen atoms in total. The lowest BCUT2D eigenvalue weighted by Gasteiger charge is -2.34. The van der Waals surface area contributed by atoms with Crippen LogP contribution in [0.3, 0.4) is 0 Å². The highest BCUT2D eigenvalue weighted by atomic mass is 35.5. The molecule has 0 spiro atoms. The van der Waals surface area contributed by atoms with Gasteiger partial charge in [0, 0.05) is 35.1 Å². The molecular formula is C22H20ClNO3. The number of hydrogen-bond acceptors (Lipinski definition) is 3. The fourth-order valence-electron chi connectivity index (χ4n) is 4.10. The van der Waals surface area contributed by atoms with Gasteiger partial charge in [-0.3, -0.25) is 9.59 Å². The molecule has 1 aliphatic carbocycles. The Balaban J connectivity index is 1.70. The summed E-state index contributed by atoms with van der Waals surface area (Å²) < 4.78 is 5.21. The zero-order valence-electron chi connectivity index (χ0n) is 15.0. The number of carbonyl (C=O) groups is 2. The van der Waals surface area contributed by atoms with Crippen molar-refractivity contribution in [2.24, 2.45) is 0 Å². The SMILES string of the molecule is COc1ccc([C@H]2CC(=O)C3=C(C2)NC(=O)C[C@@H]3c2ccccc2Cl)cc1. The van der Waals surface area contributed by atoms with E-state index in [2.05, 4.69) is 5.32 Å². The van der Waals surface area contributed by atoms with E-state index < -0.39 is 0 Å². The maximum atomic E-state index is 13.1. The van der Waals surface area contributed by atoms with Crippen molar-refractivity contribution < 1.29 is 14.3 Å². The Morgan fingerprint density at radius 1 is 1.00 bits per heavy atom. The van der Waals surface area contributed by atoms with Gasteiger partial charge in [0.15, 0.2) is 5.78 Å². The van der Waals surface area contributed by atoms with E-state index in [9.17, 15) is 9.59 Å². The topological polar surface area (TPSA) is 55.4 Å². The number of ketones is 1. The van der Waals surface area contributed by atoms with Gasteiger partial charge < -0.3 is 10.1 Å². The van der Waals surface area contributed by atoms with Crippen molar-refractivity contribution in [3.8, 4) is 5.75 Å². The molecule has 5 heteroatoms. The number of methoxy groups -OCH3 is 1. The zero-order chi connectivity index (χ0) is 19.0. The minimum absolute atomic E-state index is 0.0486. The molecule has 27 heavy (non-hydrogen) atoms. The van der Waals surface area contributed by atoms with E-state index in [0.29, 0.717) is 23.4 Å². The van der Waals surface area contributed by atoms with E-state index in [1.54, 1.807) is 13.2 Å². The Labute approximate surface area is 163 Å². The van der Waals surface area contributed by atoms with Crippen LogP contribution in [0, 0.1) is 0 Å². The summed E-state index contributed by atoms with van der Waals surface area (Å²) in [7, 11) is 1.63. The number of carbonyl (C=O) groups excluding carboxylic acids is 2. The number of allylic oxidation sites excluding steroid dienone is 2. The lowest BCUT2D eigenvalue weighted by Crippen LogP contribution is -2.38. The van der Waals surface area contributed by atoms with Gasteiger partial charge in [-0.25, -0.2) is 0 Å². The highest BCUT2D eigenvalue weighted by Gasteiger charge is 2.38. The average molecular weight is 382 g/mol. The van der Waals surface area contributed by atoms with Crippen LogP contribution in [0.15, 0.2) is 59.8 Å². The molecule has 2 aromatic carbocycles. The molecule has 0 unspecified atom stereocenters. The molecule has 138 valence electrons. The van der Waals surface area contributed by atoms with E-state index in [4.69, 9.17) is 16.3 Å². The number of nitrogens with one attached hydrogen (secondary N) is 1. The van der Waals surface area contributed by atoms with Crippen molar-refractivity contribution in [1.82, 2.24) is 5.32 Å². The molecule has 4 rings (SSSR count). The summed E-state index contributed by atoms with van der Waals surface area (Å²) in [6.45, 7) is 0. The number of benzene rings is 2. The zero-order valence-corrected chi connectivity index (χ0v) is 15.8. The molecule has 1 aliphatic heterocycles. The lowest BCUT2D eigenvalue weighted by atomic mass is 9.73. The highest BCUT2D eigenvalue weighted by molar-refractivity contribution is 6.31. The Kier molecular flexibility index (Phi) is 4.75. The largest absolute Gasteiger partial charge is 0.497 e. The molecule has 2 aliphatic rings. The summed E-state index contributed by atoms with van der Waals surface area (Å²) in [5, 5.41) is 3.53. The Bertz CT molecular complexity index is 933. The fraction of sp³-hybridized carbons (Fsp3) is 0.273. The predicted molar refractivity (Wildman–Crippen MR) is 104 cm³/mol. The highest BCUT2D eigenvalue weighted by Crippen LogP contribution is 2.44. The summed E-state index contributed by atoms with van der Waals surface area (Å²) in [5.41, 5.74) is 3.38. The number of ether oxygens (including phenoxy) is 1. The molecule has 0 aromatic heterocycles. The van der Waals surface area contributed by atoms with Gasteiger partial charge in [-0.2, -0.15) is 0 Å². The van der Waals surface area contributed by atoms with Crippen LogP contribution in [0.1, 0.15) is 42.2 Å². The van der Waals surface area contributed by atoms with Crippen LogP contribution >= 0.6 is 11.6 Å². The molecule has 0 saturated carbocycles. The molecular weight excluding hydrogens is 362 g/mol. The molecule has 1 heterocycles. The summed E-state index contributed by atoms with van der Waals surface area (Å²) in [5.74, 6) is 0.577. The van der Waals surface area contributed by atoms with Gasteiger partial charge in [0.05, 0.1) is 7.11 Å². The molecule has 0 saturated heterocycles. The number of halogens is 1. The van der Waals surface area contributed by atoms with Gasteiger partial charge in [0.1, 0.15) is 5.75 Å². The summed E-state index contributed by atoms with van der Waals surface area (Å²) >= 11 is 6.36. The molecule has 0 fully saturated rings. The van der Waals surface area contributed by atoms with Gasteiger partial charge in [-0.1, -0.05) is 41.9 Å². The Morgan fingerprint density at radius 2 is 1.74 bits per heavy atom. The summed E-state index contributed by atoms with van der Waals surface area (Å²) in [6, 6.07) is 15.2. The van der Waals surface area contributed by atoms with Crippen LogP contribution in [-0.4, -0.2) is 18.8 Å². The van der Waals surface area contributed by atoms with Crippen LogP contribution < -0.4 is 10.1 Å². The van der Waals surface area contributed by atoms with Gasteiger partial charge in [0.25, 0.3) is 0 Å². The minimum atomic E-state index is -0.272. The van der Waals surface area contributed by atoms with Crippen LogP contribution in [0.5, 0.6) is 5.75 Å². The molecule has 2 atom stereocenters. The molecule has 1 amide bonds. The first-order chi connectivity index (χ1) is 13.1. The van der Waals surface area contributed by atoms with Gasteiger partial charge in [0.2, 0.25) is 5.91 Å². The smallest absolute Gasteiger partial charge is 0.225 e. The van der Waals surface area contributed by atoms with Gasteiger partial charge >= 0.3 is 0 Å². The molecule has 0 radical (unpaired) electrons. The van der Waals surface area contributed by atoms with Crippen LogP contribution in [0.4, 0.5) is 0 Å². The maximum absolute atomic E-state index is 13.1. The molecule has 0 bridgehead atoms. The number of Topliss-reactive ketones (excluding diaryl/α,β-unsaturated/α-hetero) is 1. The second-order valence-corrected chi connectivity index (χ2v) is 7.43. The number of rotatable bonds is 3. The molecule has 1 N–H and O–H groups in total. The Morgan fingerprint density at radius 3 is 2.44 bits per heavy atom. The van der Waals surface area contributed by atoms with Crippen molar-refractivity contribution in [3.63, 3.8) is 0 Å². The second kappa shape index (κ2) is 7.20. The van der Waals surface area contributed by atoms with E-state index in [-0.39, 0.29) is 29.9 Å². The first-order valence-corrected chi connectivity index (χ1v) is 9.39. The summed E-state index contributed by atoms with van der Waals surface area (Å²) in [6.07, 6.45) is 1.32. The van der Waals surface area contributed by atoms with Crippen molar-refractivity contribution in [2.45, 2.75) is 31.1 Å². The van der Waals surface area contributed by atoms with Crippen molar-refractivity contribution in [1.29, 1.82) is 0 Å². The third kappa shape index (κ3) is 3.37. The lowest BCUT2D eigenvalue weighted by molar-refractivity contribution is -0.122. The van der Waals surface area contributed by atoms with Crippen LogP contribution in [0.25, 0.3) is 0 Å². The normalized spacial score (nSPS) is 22.3. The minimum Gasteiger partial charge on any atom is -0.497 e. The van der Waals surface area contributed by atoms with Crippen molar-refractivity contribution in [2.75, 3.05) is 7.11 Å². The first kappa shape index (κ1) is 17.8. The maximum Gasteiger partial charge on any atom is 0.225 e. The fourth-order valence-corrected chi connectivity index (χ4v) is 4.36. The van der Waals surface area contributed by atoms with Gasteiger partial charge in [-0.05, 0) is 41.7 Å². The third-order valence-corrected chi connectivity index (χ3v) is 5.75. The van der Waals surface area contributed by atoms with E-state index in [1.807, 2.05) is 42.5 Å². The van der Waals surface area contributed by atoms with Gasteiger partial charge in [-0.15, -0.1) is 0 Å². The quantitative estimate of drug-likeness (QED) is 0.859. The van der Waals surface area contributed by atoms with Crippen LogP contribution in [-0.2, 0) is 9.59 Å². The monoisotopic (exact) mass is 381 g/mol. The second-order valence-electron chi connectivity index (χ2n) is 7.02. The Hall–Kier alpha value is -2.59. The third-order valence-electron chi connectivity index (χ3n) is 5.40. The van der Waals surface area contributed by atoms with Crippen molar-refractivity contribution in [3.05, 3.63) is 76.0 Å². The van der Waals surface area contributed by atoms with Crippen molar-refractivity contribution >= 4 is 23.3 Å². The van der Waals surface area contributed by atoms with E-state index >= 15 is 0 Å². The summed E-state index contributed by atoms with van der Waals surface area (Å²) in [4.78, 5) is 25.4.